The van der Waals surface area contributed by atoms with E-state index in [1.807, 2.05) is 5.32 Å². The van der Waals surface area contributed by atoms with E-state index in [4.69, 9.17) is 4.42 Å². The SMILES string of the molecule is Cc1c(C(O)Nc2ccc(-c3ccc(S(=O)(=O)N[C@H](C(=O)O)C(C)C)cc3)cc2)oc2cccc(NC(=O)C(F)(F)F)c12. The van der Waals surface area contributed by atoms with Gasteiger partial charge in [-0.05, 0) is 60.4 Å². The Balaban J connectivity index is 1.49. The second kappa shape index (κ2) is 12.1. The number of carbonyl (C=O) groups excluding carboxylic acids is 1. The van der Waals surface area contributed by atoms with Gasteiger partial charge in [0, 0.05) is 16.6 Å². The predicted octanol–water partition coefficient (Wildman–Crippen LogP) is 5.40. The molecule has 0 bridgehead atoms. The van der Waals surface area contributed by atoms with E-state index in [0.29, 0.717) is 22.4 Å². The highest BCUT2D eigenvalue weighted by Gasteiger charge is 2.39. The van der Waals surface area contributed by atoms with E-state index in [9.17, 15) is 41.4 Å². The highest BCUT2D eigenvalue weighted by atomic mass is 32.2. The maximum atomic E-state index is 12.8. The molecule has 1 unspecified atom stereocenters. The van der Waals surface area contributed by atoms with Crippen molar-refractivity contribution in [3.8, 4) is 11.1 Å². The number of fused-ring (bicyclic) bond motifs is 1. The van der Waals surface area contributed by atoms with Crippen LogP contribution in [0.4, 0.5) is 24.5 Å². The highest BCUT2D eigenvalue weighted by Crippen LogP contribution is 2.36. The van der Waals surface area contributed by atoms with Crippen molar-refractivity contribution >= 4 is 44.2 Å². The van der Waals surface area contributed by atoms with Gasteiger partial charge in [-0.1, -0.05) is 44.2 Å². The molecule has 1 amide bonds. The van der Waals surface area contributed by atoms with E-state index in [2.05, 4.69) is 10.0 Å². The van der Waals surface area contributed by atoms with Crippen LogP contribution in [0.3, 0.4) is 0 Å². The second-order valence-electron chi connectivity index (χ2n) is 10.1. The van der Waals surface area contributed by atoms with Gasteiger partial charge in [0.2, 0.25) is 10.0 Å². The minimum absolute atomic E-state index is 0.0424. The van der Waals surface area contributed by atoms with Crippen molar-refractivity contribution in [3.05, 3.63) is 78.1 Å². The summed E-state index contributed by atoms with van der Waals surface area (Å²) in [5.74, 6) is -3.83. The molecule has 0 aliphatic heterocycles. The fraction of sp³-hybridized carbons (Fsp3) is 0.241. The molecule has 1 aromatic heterocycles. The van der Waals surface area contributed by atoms with Crippen molar-refractivity contribution in [1.82, 2.24) is 4.72 Å². The molecule has 4 aromatic rings. The molecule has 0 saturated heterocycles. The molecule has 4 rings (SSSR count). The molecule has 228 valence electrons. The first-order chi connectivity index (χ1) is 20.1. The fourth-order valence-corrected chi connectivity index (χ4v) is 5.73. The third kappa shape index (κ3) is 6.98. The zero-order valence-corrected chi connectivity index (χ0v) is 23.9. The normalized spacial score (nSPS) is 13.6. The Morgan fingerprint density at radius 2 is 1.51 bits per heavy atom. The van der Waals surface area contributed by atoms with Gasteiger partial charge in [0.1, 0.15) is 11.6 Å². The standard InChI is InChI=1S/C29H28F3N3O7S/c1-15(2)24(27(37)38)35-43(40,41)20-13-9-18(10-14-20)17-7-11-19(12-8-17)33-26(36)25-16(3)23-21(5-4-6-22(23)42-25)34-28(39)29(30,31)32/h4-15,24,26,33,35-36H,1-3H3,(H,34,39)(H,37,38)/t24-,26?/m0/s1. The maximum absolute atomic E-state index is 12.8. The molecular weight excluding hydrogens is 591 g/mol. The summed E-state index contributed by atoms with van der Waals surface area (Å²) in [6, 6.07) is 15.5. The van der Waals surface area contributed by atoms with Crippen LogP contribution in [0.25, 0.3) is 22.1 Å². The number of carboxylic acid groups (broad SMARTS) is 1. The molecule has 5 N–H and O–H groups in total. The van der Waals surface area contributed by atoms with Gasteiger partial charge in [-0.15, -0.1) is 0 Å². The number of aliphatic hydroxyl groups is 1. The van der Waals surface area contributed by atoms with Crippen LogP contribution in [0.2, 0.25) is 0 Å². The minimum Gasteiger partial charge on any atom is -0.480 e. The Bertz CT molecular complexity index is 1750. The first kappa shape index (κ1) is 31.5. The van der Waals surface area contributed by atoms with Crippen molar-refractivity contribution in [2.24, 2.45) is 5.92 Å². The number of benzene rings is 3. The Kier molecular flexibility index (Phi) is 8.85. The van der Waals surface area contributed by atoms with Crippen LogP contribution in [-0.2, 0) is 19.6 Å². The molecule has 43 heavy (non-hydrogen) atoms. The smallest absolute Gasteiger partial charge is 0.471 e. The Labute approximate surface area is 244 Å². The molecule has 0 fully saturated rings. The maximum Gasteiger partial charge on any atom is 0.471 e. The zero-order chi connectivity index (χ0) is 31.7. The number of anilines is 2. The number of hydrogen-bond acceptors (Lipinski definition) is 7. The summed E-state index contributed by atoms with van der Waals surface area (Å²) in [4.78, 5) is 22.8. The number of aryl methyl sites for hydroxylation is 1. The monoisotopic (exact) mass is 619 g/mol. The lowest BCUT2D eigenvalue weighted by molar-refractivity contribution is -0.167. The van der Waals surface area contributed by atoms with Gasteiger partial charge < -0.3 is 25.3 Å². The molecule has 1 heterocycles. The first-order valence-electron chi connectivity index (χ1n) is 12.9. The highest BCUT2D eigenvalue weighted by molar-refractivity contribution is 7.89. The number of halogens is 3. The molecule has 0 aliphatic rings. The quantitative estimate of drug-likeness (QED) is 0.148. The zero-order valence-electron chi connectivity index (χ0n) is 23.1. The number of hydrogen-bond donors (Lipinski definition) is 5. The lowest BCUT2D eigenvalue weighted by Crippen LogP contribution is -2.44. The van der Waals surface area contributed by atoms with Crippen molar-refractivity contribution in [3.63, 3.8) is 0 Å². The third-order valence-electron chi connectivity index (χ3n) is 6.65. The number of nitrogens with one attached hydrogen (secondary N) is 3. The number of amides is 1. The van der Waals surface area contributed by atoms with E-state index in [0.717, 1.165) is 0 Å². The van der Waals surface area contributed by atoms with Crippen LogP contribution >= 0.6 is 0 Å². The van der Waals surface area contributed by atoms with Crippen molar-refractivity contribution < 1.29 is 45.8 Å². The van der Waals surface area contributed by atoms with Gasteiger partial charge in [0.25, 0.3) is 0 Å². The van der Waals surface area contributed by atoms with Crippen LogP contribution < -0.4 is 15.4 Å². The van der Waals surface area contributed by atoms with Gasteiger partial charge in [0.15, 0.2) is 12.0 Å². The summed E-state index contributed by atoms with van der Waals surface area (Å²) in [6.45, 7) is 4.74. The van der Waals surface area contributed by atoms with E-state index in [1.54, 1.807) is 57.2 Å². The molecule has 0 spiro atoms. The molecule has 14 heteroatoms. The van der Waals surface area contributed by atoms with Gasteiger partial charge >= 0.3 is 18.1 Å². The predicted molar refractivity (Wildman–Crippen MR) is 153 cm³/mol. The Morgan fingerprint density at radius 1 is 0.930 bits per heavy atom. The third-order valence-corrected chi connectivity index (χ3v) is 8.10. The van der Waals surface area contributed by atoms with Crippen LogP contribution in [0.15, 0.2) is 76.0 Å². The van der Waals surface area contributed by atoms with Gasteiger partial charge in [-0.25, -0.2) is 8.42 Å². The molecule has 3 aromatic carbocycles. The Hall–Kier alpha value is -4.40. The Morgan fingerprint density at radius 3 is 2.05 bits per heavy atom. The van der Waals surface area contributed by atoms with Crippen LogP contribution in [-0.4, -0.2) is 42.7 Å². The van der Waals surface area contributed by atoms with Crippen LogP contribution in [0.1, 0.15) is 31.4 Å². The number of alkyl halides is 3. The molecule has 0 aliphatic carbocycles. The molecule has 0 radical (unpaired) electrons. The number of aliphatic carboxylic acids is 1. The minimum atomic E-state index is -5.08. The van der Waals surface area contributed by atoms with Crippen LogP contribution in [0.5, 0.6) is 0 Å². The lowest BCUT2D eigenvalue weighted by atomic mass is 10.1. The first-order valence-corrected chi connectivity index (χ1v) is 14.4. The summed E-state index contributed by atoms with van der Waals surface area (Å²) < 4.78 is 71.6. The second-order valence-corrected chi connectivity index (χ2v) is 11.8. The van der Waals surface area contributed by atoms with Crippen molar-refractivity contribution in [1.29, 1.82) is 0 Å². The van der Waals surface area contributed by atoms with Gasteiger partial charge in [-0.3, -0.25) is 9.59 Å². The van der Waals surface area contributed by atoms with Gasteiger partial charge in [0.05, 0.1) is 10.6 Å². The largest absolute Gasteiger partial charge is 0.480 e. The molecule has 2 atom stereocenters. The number of rotatable bonds is 10. The average molecular weight is 620 g/mol. The summed E-state index contributed by atoms with van der Waals surface area (Å²) in [6.07, 6.45) is -6.46. The number of furan rings is 1. The molecular formula is C29H28F3N3O7S. The topological polar surface area (TPSA) is 158 Å². The number of carbonyl (C=O) groups is 2. The summed E-state index contributed by atoms with van der Waals surface area (Å²) in [5, 5.41) is 25.0. The van der Waals surface area contributed by atoms with E-state index < -0.39 is 46.3 Å². The lowest BCUT2D eigenvalue weighted by Gasteiger charge is -2.18. The van der Waals surface area contributed by atoms with E-state index in [-0.39, 0.29) is 27.3 Å². The summed E-state index contributed by atoms with van der Waals surface area (Å²) in [7, 11) is -4.07. The van der Waals surface area contributed by atoms with Crippen molar-refractivity contribution in [2.75, 3.05) is 10.6 Å². The number of carboxylic acids is 1. The van der Waals surface area contributed by atoms with E-state index >= 15 is 0 Å². The van der Waals surface area contributed by atoms with E-state index in [1.165, 1.54) is 30.3 Å². The van der Waals surface area contributed by atoms with Crippen molar-refractivity contribution in [2.45, 2.75) is 44.1 Å². The number of aliphatic hydroxyl groups excluding tert-OH is 1. The summed E-state index contributed by atoms with van der Waals surface area (Å²) in [5.41, 5.74) is 2.25. The average Bonchev–Trinajstić information content (AvgIpc) is 3.28. The summed E-state index contributed by atoms with van der Waals surface area (Å²) >= 11 is 0. The molecule has 0 saturated carbocycles. The molecule has 10 nitrogen and oxygen atoms in total. The van der Waals surface area contributed by atoms with Crippen LogP contribution in [0, 0.1) is 12.8 Å². The number of sulfonamides is 1. The fourth-order valence-electron chi connectivity index (χ4n) is 4.40. The van der Waals surface area contributed by atoms with Gasteiger partial charge in [-0.2, -0.15) is 17.9 Å².